The summed E-state index contributed by atoms with van der Waals surface area (Å²) in [4.78, 5) is 21.4. The fraction of sp³-hybridized carbons (Fsp3) is 0.300. The molecule has 0 aliphatic heterocycles. The van der Waals surface area contributed by atoms with Gasteiger partial charge in [0.15, 0.2) is 0 Å². The summed E-state index contributed by atoms with van der Waals surface area (Å²) in [6.07, 6.45) is 0. The number of benzene rings is 1. The first-order chi connectivity index (χ1) is 7.82. The van der Waals surface area contributed by atoms with E-state index in [9.17, 15) is 14.9 Å². The van der Waals surface area contributed by atoms with E-state index in [0.717, 1.165) is 0 Å². The highest BCUT2D eigenvalue weighted by atomic mass is 35.5. The zero-order chi connectivity index (χ0) is 13.2. The Morgan fingerprint density at radius 1 is 1.59 bits per heavy atom. The molecule has 1 rings (SSSR count). The van der Waals surface area contributed by atoms with Crippen LogP contribution in [0.4, 0.5) is 11.4 Å². The van der Waals surface area contributed by atoms with Gasteiger partial charge in [-0.1, -0.05) is 11.6 Å². The number of nitrogens with one attached hydrogen (secondary N) is 1. The van der Waals surface area contributed by atoms with Crippen molar-refractivity contribution >= 4 is 28.9 Å². The molecule has 0 unspecified atom stereocenters. The molecule has 0 bridgehead atoms. The Labute approximate surface area is 103 Å². The second-order valence-electron chi connectivity index (χ2n) is 3.65. The molecule has 1 aromatic rings. The Morgan fingerprint density at radius 2 is 2.18 bits per heavy atom. The molecular formula is C10H12ClN3O3. The molecule has 0 radical (unpaired) electrons. The number of amides is 1. The molecule has 0 saturated heterocycles. The maximum absolute atomic E-state index is 11.4. The summed E-state index contributed by atoms with van der Waals surface area (Å²) in [6.45, 7) is 3.18. The molecule has 0 aliphatic rings. The monoisotopic (exact) mass is 257 g/mol. The third kappa shape index (κ3) is 3.15. The summed E-state index contributed by atoms with van der Waals surface area (Å²) < 4.78 is 0. The van der Waals surface area contributed by atoms with Gasteiger partial charge in [0, 0.05) is 11.8 Å². The second kappa shape index (κ2) is 5.11. The van der Waals surface area contributed by atoms with Crippen molar-refractivity contribution in [3.63, 3.8) is 0 Å². The summed E-state index contributed by atoms with van der Waals surface area (Å²) in [6, 6.07) is 1.98. The molecule has 1 atom stereocenters. The lowest BCUT2D eigenvalue weighted by molar-refractivity contribution is -0.384. The van der Waals surface area contributed by atoms with Gasteiger partial charge in [-0.05, 0) is 25.5 Å². The molecule has 7 heteroatoms. The standard InChI is InChI=1S/C10H12ClN3O3/c1-5-3-9(14(16)17)7(11)4-8(5)13-10(15)6(2)12/h3-4,6H,12H2,1-2H3,(H,13,15)/t6-/m0/s1. The summed E-state index contributed by atoms with van der Waals surface area (Å²) in [5, 5.41) is 13.1. The normalized spacial score (nSPS) is 12.0. The van der Waals surface area contributed by atoms with E-state index in [1.807, 2.05) is 0 Å². The van der Waals surface area contributed by atoms with Crippen molar-refractivity contribution in [3.05, 3.63) is 32.8 Å². The Morgan fingerprint density at radius 3 is 2.65 bits per heavy atom. The van der Waals surface area contributed by atoms with Crippen molar-refractivity contribution in [2.75, 3.05) is 5.32 Å². The minimum absolute atomic E-state index is 0.0272. The molecule has 1 aromatic carbocycles. The molecule has 0 spiro atoms. The Kier molecular flexibility index (Phi) is 4.03. The lowest BCUT2D eigenvalue weighted by atomic mass is 10.1. The van der Waals surface area contributed by atoms with Gasteiger partial charge in [-0.3, -0.25) is 14.9 Å². The highest BCUT2D eigenvalue weighted by Crippen LogP contribution is 2.30. The lowest BCUT2D eigenvalue weighted by Gasteiger charge is -2.10. The van der Waals surface area contributed by atoms with Gasteiger partial charge in [0.1, 0.15) is 5.02 Å². The Hall–Kier alpha value is -1.66. The van der Waals surface area contributed by atoms with Crippen LogP contribution in [0, 0.1) is 17.0 Å². The topological polar surface area (TPSA) is 98.3 Å². The van der Waals surface area contributed by atoms with Crippen LogP contribution in [0.1, 0.15) is 12.5 Å². The number of nitrogens with zero attached hydrogens (tertiary/aromatic N) is 1. The minimum atomic E-state index is -0.664. The fourth-order valence-electron chi connectivity index (χ4n) is 1.19. The molecule has 3 N–H and O–H groups in total. The molecule has 0 saturated carbocycles. The van der Waals surface area contributed by atoms with Crippen molar-refractivity contribution in [2.24, 2.45) is 5.73 Å². The summed E-state index contributed by atoms with van der Waals surface area (Å²) in [5.74, 6) is -0.377. The van der Waals surface area contributed by atoms with Crippen LogP contribution in [0.3, 0.4) is 0 Å². The number of nitro groups is 1. The molecule has 0 aliphatic carbocycles. The zero-order valence-electron chi connectivity index (χ0n) is 9.36. The van der Waals surface area contributed by atoms with Crippen molar-refractivity contribution in [2.45, 2.75) is 19.9 Å². The van der Waals surface area contributed by atoms with Crippen molar-refractivity contribution in [3.8, 4) is 0 Å². The van der Waals surface area contributed by atoms with Gasteiger partial charge in [-0.15, -0.1) is 0 Å². The molecule has 0 aromatic heterocycles. The number of carbonyl (C=O) groups excluding carboxylic acids is 1. The van der Waals surface area contributed by atoms with Gasteiger partial charge in [-0.25, -0.2) is 0 Å². The zero-order valence-corrected chi connectivity index (χ0v) is 10.1. The van der Waals surface area contributed by atoms with Crippen molar-refractivity contribution in [1.29, 1.82) is 0 Å². The smallest absolute Gasteiger partial charge is 0.288 e. The number of carbonyl (C=O) groups is 1. The van der Waals surface area contributed by atoms with Crippen LogP contribution in [0.15, 0.2) is 12.1 Å². The van der Waals surface area contributed by atoms with Gasteiger partial charge in [-0.2, -0.15) is 0 Å². The predicted octanol–water partition coefficient (Wildman–Crippen LogP) is 1.84. The summed E-state index contributed by atoms with van der Waals surface area (Å²) in [5.41, 5.74) is 6.18. The van der Waals surface area contributed by atoms with E-state index in [4.69, 9.17) is 17.3 Å². The first kappa shape index (κ1) is 13.4. The molecule has 1 amide bonds. The number of nitro benzene ring substituents is 1. The summed E-state index contributed by atoms with van der Waals surface area (Å²) in [7, 11) is 0. The van der Waals surface area contributed by atoms with E-state index in [1.165, 1.54) is 19.1 Å². The number of rotatable bonds is 3. The first-order valence-electron chi connectivity index (χ1n) is 4.84. The Bertz CT molecular complexity index is 474. The van der Waals surface area contributed by atoms with Gasteiger partial charge >= 0.3 is 0 Å². The van der Waals surface area contributed by atoms with Gasteiger partial charge in [0.05, 0.1) is 11.0 Å². The van der Waals surface area contributed by atoms with Crippen LogP contribution in [0.25, 0.3) is 0 Å². The van der Waals surface area contributed by atoms with E-state index in [0.29, 0.717) is 11.3 Å². The number of hydrogen-bond acceptors (Lipinski definition) is 4. The average Bonchev–Trinajstić information content (AvgIpc) is 2.22. The van der Waals surface area contributed by atoms with Crippen LogP contribution in [-0.2, 0) is 4.79 Å². The minimum Gasteiger partial charge on any atom is -0.324 e. The number of aryl methyl sites for hydroxylation is 1. The van der Waals surface area contributed by atoms with E-state index < -0.39 is 11.0 Å². The van der Waals surface area contributed by atoms with Crippen LogP contribution < -0.4 is 11.1 Å². The van der Waals surface area contributed by atoms with Crippen LogP contribution >= 0.6 is 11.6 Å². The third-order valence-corrected chi connectivity index (χ3v) is 2.46. The number of nitrogens with two attached hydrogens (primary N) is 1. The molecule has 0 heterocycles. The highest BCUT2D eigenvalue weighted by Gasteiger charge is 2.16. The van der Waals surface area contributed by atoms with Gasteiger partial charge in [0.2, 0.25) is 5.91 Å². The number of halogens is 1. The lowest BCUT2D eigenvalue weighted by Crippen LogP contribution is -2.32. The second-order valence-corrected chi connectivity index (χ2v) is 4.06. The molecule has 92 valence electrons. The molecule has 0 fully saturated rings. The number of anilines is 1. The SMILES string of the molecule is Cc1cc([N+](=O)[O-])c(Cl)cc1NC(=O)[C@H](C)N. The maximum Gasteiger partial charge on any atom is 0.288 e. The summed E-state index contributed by atoms with van der Waals surface area (Å²) >= 11 is 5.74. The van der Waals surface area contributed by atoms with Gasteiger partial charge < -0.3 is 11.1 Å². The maximum atomic E-state index is 11.4. The molecule has 6 nitrogen and oxygen atoms in total. The van der Waals surface area contributed by atoms with E-state index in [2.05, 4.69) is 5.32 Å². The molecule has 17 heavy (non-hydrogen) atoms. The van der Waals surface area contributed by atoms with Gasteiger partial charge in [0.25, 0.3) is 5.69 Å². The van der Waals surface area contributed by atoms with E-state index >= 15 is 0 Å². The predicted molar refractivity (Wildman–Crippen MR) is 65.1 cm³/mol. The largest absolute Gasteiger partial charge is 0.324 e. The molecular weight excluding hydrogens is 246 g/mol. The van der Waals surface area contributed by atoms with Crippen LogP contribution in [0.5, 0.6) is 0 Å². The van der Waals surface area contributed by atoms with Crippen molar-refractivity contribution in [1.82, 2.24) is 0 Å². The highest BCUT2D eigenvalue weighted by molar-refractivity contribution is 6.33. The van der Waals surface area contributed by atoms with Crippen LogP contribution in [0.2, 0.25) is 5.02 Å². The number of hydrogen-bond donors (Lipinski definition) is 2. The quantitative estimate of drug-likeness (QED) is 0.638. The van der Waals surface area contributed by atoms with Crippen molar-refractivity contribution < 1.29 is 9.72 Å². The average molecular weight is 258 g/mol. The Balaban J connectivity index is 3.08. The van der Waals surface area contributed by atoms with Crippen LogP contribution in [-0.4, -0.2) is 16.9 Å². The first-order valence-corrected chi connectivity index (χ1v) is 5.21. The van der Waals surface area contributed by atoms with E-state index in [-0.39, 0.29) is 16.6 Å². The fourth-order valence-corrected chi connectivity index (χ4v) is 1.42. The third-order valence-electron chi connectivity index (χ3n) is 2.16. The van der Waals surface area contributed by atoms with E-state index in [1.54, 1.807) is 6.92 Å².